The molecule has 1 aliphatic heterocycles. The van der Waals surface area contributed by atoms with Crippen molar-refractivity contribution >= 4 is 39.0 Å². The second-order valence-electron chi connectivity index (χ2n) is 9.41. The van der Waals surface area contributed by atoms with Gasteiger partial charge in [0.2, 0.25) is 0 Å². The number of amides is 2. The summed E-state index contributed by atoms with van der Waals surface area (Å²) in [6.45, 7) is 11.0. The van der Waals surface area contributed by atoms with E-state index < -0.39 is 9.84 Å². The van der Waals surface area contributed by atoms with E-state index in [-0.39, 0.29) is 22.5 Å². The molecule has 1 aliphatic rings. The number of aromatic amines is 1. The minimum absolute atomic E-state index is 0.130. The summed E-state index contributed by atoms with van der Waals surface area (Å²) in [6, 6.07) is 13.7. The molecule has 3 N–H and O–H groups in total. The van der Waals surface area contributed by atoms with Crippen molar-refractivity contribution in [1.29, 1.82) is 0 Å². The van der Waals surface area contributed by atoms with E-state index in [9.17, 15) is 18.0 Å². The van der Waals surface area contributed by atoms with Gasteiger partial charge in [0.05, 0.1) is 21.8 Å². The molecule has 38 heavy (non-hydrogen) atoms. The number of H-pyrrole nitrogens is 1. The van der Waals surface area contributed by atoms with Crippen LogP contribution >= 0.6 is 0 Å². The van der Waals surface area contributed by atoms with Gasteiger partial charge in [-0.25, -0.2) is 8.42 Å². The van der Waals surface area contributed by atoms with Crippen molar-refractivity contribution in [2.75, 3.05) is 31.5 Å². The molecule has 0 aliphatic carbocycles. The second-order valence-corrected chi connectivity index (χ2v) is 11.4. The fourth-order valence-electron chi connectivity index (χ4n) is 4.74. The highest BCUT2D eigenvalue weighted by molar-refractivity contribution is 7.90. The van der Waals surface area contributed by atoms with Gasteiger partial charge in [0.15, 0.2) is 9.84 Å². The van der Waals surface area contributed by atoms with Gasteiger partial charge in [-0.05, 0) is 62.3 Å². The van der Waals surface area contributed by atoms with Gasteiger partial charge in [-0.2, -0.15) is 0 Å². The second kappa shape index (κ2) is 11.4. The minimum Gasteiger partial charge on any atom is -0.358 e. The summed E-state index contributed by atoms with van der Waals surface area (Å²) >= 11 is 0. The van der Waals surface area contributed by atoms with Crippen molar-refractivity contribution in [3.8, 4) is 0 Å². The highest BCUT2D eigenvalue weighted by Crippen LogP contribution is 2.36. The third kappa shape index (κ3) is 5.74. The van der Waals surface area contributed by atoms with E-state index >= 15 is 0 Å². The SMILES string of the molecule is CCN(CC)CCNC(=O)c1c(C)[nH]c(C=C2C(=O)Nc3ccc(S(=O)(=O)Cc4ccccc4)cc32)c1C. The van der Waals surface area contributed by atoms with Crippen LogP contribution in [-0.4, -0.2) is 56.3 Å². The Morgan fingerprint density at radius 1 is 1.05 bits per heavy atom. The molecular weight excluding hydrogens is 500 g/mol. The summed E-state index contributed by atoms with van der Waals surface area (Å²) in [5, 5.41) is 5.80. The van der Waals surface area contributed by atoms with E-state index in [0.717, 1.165) is 25.2 Å². The van der Waals surface area contributed by atoms with Gasteiger partial charge in [0, 0.05) is 35.7 Å². The van der Waals surface area contributed by atoms with Crippen molar-refractivity contribution < 1.29 is 18.0 Å². The molecule has 2 amide bonds. The molecule has 1 aromatic heterocycles. The average Bonchev–Trinajstić information content (AvgIpc) is 3.36. The molecule has 0 unspecified atom stereocenters. The maximum atomic E-state index is 13.1. The molecule has 0 saturated heterocycles. The third-order valence-electron chi connectivity index (χ3n) is 6.93. The number of anilines is 1. The highest BCUT2D eigenvalue weighted by atomic mass is 32.2. The number of aryl methyl sites for hydroxylation is 1. The number of fused-ring (bicyclic) bond motifs is 1. The van der Waals surface area contributed by atoms with Crippen molar-refractivity contribution in [3.63, 3.8) is 0 Å². The van der Waals surface area contributed by atoms with Gasteiger partial charge in [-0.15, -0.1) is 0 Å². The van der Waals surface area contributed by atoms with Crippen LogP contribution in [0.3, 0.4) is 0 Å². The number of benzene rings is 2. The molecule has 2 heterocycles. The first-order valence-electron chi connectivity index (χ1n) is 12.8. The largest absolute Gasteiger partial charge is 0.358 e. The first-order valence-corrected chi connectivity index (χ1v) is 14.4. The number of sulfone groups is 1. The highest BCUT2D eigenvalue weighted by Gasteiger charge is 2.28. The summed E-state index contributed by atoms with van der Waals surface area (Å²) in [4.78, 5) is 31.4. The van der Waals surface area contributed by atoms with E-state index in [2.05, 4.69) is 34.4 Å². The monoisotopic (exact) mass is 534 g/mol. The van der Waals surface area contributed by atoms with Crippen LogP contribution < -0.4 is 10.6 Å². The zero-order valence-corrected chi connectivity index (χ0v) is 23.0. The number of carbonyl (C=O) groups is 2. The number of nitrogens with one attached hydrogen (secondary N) is 3. The quantitative estimate of drug-likeness (QED) is 0.338. The number of aromatic nitrogens is 1. The Bertz CT molecular complexity index is 1490. The third-order valence-corrected chi connectivity index (χ3v) is 8.62. The number of likely N-dealkylation sites (N-methyl/N-ethyl adjacent to an activating group) is 1. The molecule has 0 bridgehead atoms. The van der Waals surface area contributed by atoms with E-state index in [4.69, 9.17) is 0 Å². The molecular formula is C29H34N4O4S. The van der Waals surface area contributed by atoms with Crippen LogP contribution in [0.25, 0.3) is 11.6 Å². The van der Waals surface area contributed by atoms with E-state index in [1.165, 1.54) is 6.07 Å². The summed E-state index contributed by atoms with van der Waals surface area (Å²) in [7, 11) is -3.62. The summed E-state index contributed by atoms with van der Waals surface area (Å²) < 4.78 is 26.2. The lowest BCUT2D eigenvalue weighted by Crippen LogP contribution is -2.35. The van der Waals surface area contributed by atoms with Gasteiger partial charge in [-0.1, -0.05) is 44.2 Å². The zero-order chi connectivity index (χ0) is 27.4. The van der Waals surface area contributed by atoms with Crippen LogP contribution in [0.1, 0.15) is 52.3 Å². The zero-order valence-electron chi connectivity index (χ0n) is 22.2. The predicted molar refractivity (Wildman–Crippen MR) is 151 cm³/mol. The van der Waals surface area contributed by atoms with E-state index in [1.807, 2.05) is 19.9 Å². The first kappa shape index (κ1) is 27.3. The van der Waals surface area contributed by atoms with E-state index in [1.54, 1.807) is 42.5 Å². The topological polar surface area (TPSA) is 111 Å². The normalized spacial score (nSPS) is 14.1. The number of carbonyl (C=O) groups excluding carboxylic acids is 2. The maximum Gasteiger partial charge on any atom is 0.256 e. The average molecular weight is 535 g/mol. The molecule has 4 rings (SSSR count). The number of hydrogen-bond donors (Lipinski definition) is 3. The molecule has 0 fully saturated rings. The van der Waals surface area contributed by atoms with Crippen LogP contribution in [0.4, 0.5) is 5.69 Å². The van der Waals surface area contributed by atoms with E-state index in [0.29, 0.717) is 45.9 Å². The van der Waals surface area contributed by atoms with Crippen LogP contribution in [0.5, 0.6) is 0 Å². The number of hydrogen-bond acceptors (Lipinski definition) is 5. The molecule has 0 radical (unpaired) electrons. The maximum absolute atomic E-state index is 13.1. The van der Waals surface area contributed by atoms with Crippen LogP contribution in [-0.2, 0) is 20.4 Å². The Kier molecular flexibility index (Phi) is 8.18. The van der Waals surface area contributed by atoms with Crippen LogP contribution in [0.15, 0.2) is 53.4 Å². The van der Waals surface area contributed by atoms with Gasteiger partial charge < -0.3 is 20.5 Å². The molecule has 0 saturated carbocycles. The Morgan fingerprint density at radius 3 is 2.45 bits per heavy atom. The fraction of sp³-hybridized carbons (Fsp3) is 0.310. The fourth-order valence-corrected chi connectivity index (χ4v) is 6.11. The van der Waals surface area contributed by atoms with Crippen molar-refractivity contribution in [1.82, 2.24) is 15.2 Å². The minimum atomic E-state index is -3.62. The summed E-state index contributed by atoms with van der Waals surface area (Å²) in [6.07, 6.45) is 1.68. The number of rotatable bonds is 10. The lowest BCUT2D eigenvalue weighted by Gasteiger charge is -2.18. The Labute approximate surface area is 224 Å². The van der Waals surface area contributed by atoms with Crippen molar-refractivity contribution in [2.45, 2.75) is 38.3 Å². The van der Waals surface area contributed by atoms with Crippen LogP contribution in [0, 0.1) is 13.8 Å². The predicted octanol–water partition coefficient (Wildman–Crippen LogP) is 4.17. The molecule has 8 nitrogen and oxygen atoms in total. The van der Waals surface area contributed by atoms with Gasteiger partial charge >= 0.3 is 0 Å². The van der Waals surface area contributed by atoms with Crippen molar-refractivity contribution in [2.24, 2.45) is 0 Å². The van der Waals surface area contributed by atoms with Crippen molar-refractivity contribution in [3.05, 3.63) is 82.2 Å². The van der Waals surface area contributed by atoms with Gasteiger partial charge in [-0.3, -0.25) is 9.59 Å². The Hall–Kier alpha value is -3.69. The molecule has 200 valence electrons. The smallest absolute Gasteiger partial charge is 0.256 e. The summed E-state index contributed by atoms with van der Waals surface area (Å²) in [5.74, 6) is -0.623. The first-order chi connectivity index (χ1) is 18.1. The molecule has 9 heteroatoms. The summed E-state index contributed by atoms with van der Waals surface area (Å²) in [5.41, 5.74) is 4.71. The van der Waals surface area contributed by atoms with Crippen LogP contribution in [0.2, 0.25) is 0 Å². The van der Waals surface area contributed by atoms with Gasteiger partial charge in [0.1, 0.15) is 0 Å². The number of nitrogens with zero attached hydrogens (tertiary/aromatic N) is 1. The molecule has 0 atom stereocenters. The Balaban J connectivity index is 1.61. The molecule has 0 spiro atoms. The standard InChI is InChI=1S/C29H34N4O4S/c1-5-33(6-2)15-14-30-29(35)27-19(3)26(31-20(27)4)17-24-23-16-22(12-13-25(23)32-28(24)34)38(36,37)18-21-10-8-7-9-11-21/h7-13,16-17,31H,5-6,14-15,18H2,1-4H3,(H,30,35)(H,32,34). The Morgan fingerprint density at radius 2 is 1.76 bits per heavy atom. The lowest BCUT2D eigenvalue weighted by atomic mass is 10.0. The van der Waals surface area contributed by atoms with Gasteiger partial charge in [0.25, 0.3) is 11.8 Å². The molecule has 2 aromatic carbocycles. The molecule has 3 aromatic rings. The lowest BCUT2D eigenvalue weighted by molar-refractivity contribution is -0.110.